The highest BCUT2D eigenvalue weighted by molar-refractivity contribution is 5.94. The molecule has 0 aliphatic carbocycles. The monoisotopic (exact) mass is 382 g/mol. The second-order valence-electron chi connectivity index (χ2n) is 6.13. The number of benzene rings is 2. The molecule has 0 radical (unpaired) electrons. The van der Waals surface area contributed by atoms with E-state index in [-0.39, 0.29) is 24.2 Å². The molecule has 3 rings (SSSR count). The SMILES string of the molecule is CC(OC(=O)CCNC(=O)c1ccc([N+](=O)[O-])cc1)c1cc2ccccc2o1. The van der Waals surface area contributed by atoms with Crippen LogP contribution in [0.2, 0.25) is 0 Å². The summed E-state index contributed by atoms with van der Waals surface area (Å²) in [6.07, 6.45) is -0.561. The first-order chi connectivity index (χ1) is 13.4. The van der Waals surface area contributed by atoms with E-state index in [0.29, 0.717) is 5.76 Å². The van der Waals surface area contributed by atoms with Crippen molar-refractivity contribution in [3.05, 3.63) is 76.0 Å². The number of nitro benzene ring substituents is 1. The van der Waals surface area contributed by atoms with E-state index in [1.54, 1.807) is 6.92 Å². The van der Waals surface area contributed by atoms with Gasteiger partial charge in [-0.1, -0.05) is 18.2 Å². The second-order valence-corrected chi connectivity index (χ2v) is 6.13. The van der Waals surface area contributed by atoms with Crippen molar-refractivity contribution in [2.24, 2.45) is 0 Å². The molecule has 2 aromatic carbocycles. The Labute approximate surface area is 160 Å². The zero-order valence-corrected chi connectivity index (χ0v) is 15.1. The summed E-state index contributed by atoms with van der Waals surface area (Å²) in [5.41, 5.74) is 0.894. The largest absolute Gasteiger partial charge is 0.457 e. The molecule has 28 heavy (non-hydrogen) atoms. The fraction of sp³-hybridized carbons (Fsp3) is 0.200. The molecular formula is C20H18N2O6. The molecule has 0 saturated carbocycles. The van der Waals surface area contributed by atoms with Crippen molar-refractivity contribution in [2.45, 2.75) is 19.4 Å². The molecule has 1 amide bonds. The number of amides is 1. The number of non-ortho nitro benzene ring substituents is 1. The Morgan fingerprint density at radius 3 is 2.57 bits per heavy atom. The summed E-state index contributed by atoms with van der Waals surface area (Å²) in [4.78, 5) is 34.1. The molecular weight excluding hydrogens is 364 g/mol. The number of esters is 1. The van der Waals surface area contributed by atoms with Crippen LogP contribution < -0.4 is 5.32 Å². The first kappa shape index (κ1) is 19.1. The molecule has 144 valence electrons. The zero-order chi connectivity index (χ0) is 20.1. The molecule has 1 N–H and O–H groups in total. The van der Waals surface area contributed by atoms with Crippen molar-refractivity contribution >= 4 is 28.5 Å². The van der Waals surface area contributed by atoms with Gasteiger partial charge in [0.2, 0.25) is 0 Å². The molecule has 0 saturated heterocycles. The summed E-state index contributed by atoms with van der Waals surface area (Å²) in [5.74, 6) is -0.352. The van der Waals surface area contributed by atoms with E-state index in [0.717, 1.165) is 11.0 Å². The van der Waals surface area contributed by atoms with Crippen LogP contribution in [0.5, 0.6) is 0 Å². The summed E-state index contributed by atoms with van der Waals surface area (Å²) >= 11 is 0. The highest BCUT2D eigenvalue weighted by Gasteiger charge is 2.16. The van der Waals surface area contributed by atoms with Gasteiger partial charge in [-0.2, -0.15) is 0 Å². The van der Waals surface area contributed by atoms with Gasteiger partial charge >= 0.3 is 5.97 Å². The van der Waals surface area contributed by atoms with Crippen molar-refractivity contribution in [3.63, 3.8) is 0 Å². The number of carbonyl (C=O) groups excluding carboxylic acids is 2. The number of carbonyl (C=O) groups is 2. The van der Waals surface area contributed by atoms with E-state index >= 15 is 0 Å². The maximum atomic E-state index is 12.0. The van der Waals surface area contributed by atoms with Crippen LogP contribution in [-0.2, 0) is 9.53 Å². The summed E-state index contributed by atoms with van der Waals surface area (Å²) in [6, 6.07) is 14.5. The van der Waals surface area contributed by atoms with E-state index in [2.05, 4.69) is 5.32 Å². The first-order valence-electron chi connectivity index (χ1n) is 8.64. The Balaban J connectivity index is 1.47. The minimum atomic E-state index is -0.551. The van der Waals surface area contributed by atoms with Gasteiger partial charge in [0.15, 0.2) is 6.10 Å². The number of rotatable bonds is 7. The lowest BCUT2D eigenvalue weighted by atomic mass is 10.2. The molecule has 0 aliphatic rings. The summed E-state index contributed by atoms with van der Waals surface area (Å²) < 4.78 is 11.0. The third kappa shape index (κ3) is 4.53. The summed E-state index contributed by atoms with van der Waals surface area (Å²) in [7, 11) is 0. The van der Waals surface area contributed by atoms with Gasteiger partial charge in [-0.05, 0) is 31.2 Å². The van der Waals surface area contributed by atoms with Crippen LogP contribution in [0.3, 0.4) is 0 Å². The number of fused-ring (bicyclic) bond motifs is 1. The van der Waals surface area contributed by atoms with E-state index in [4.69, 9.17) is 9.15 Å². The number of hydrogen-bond acceptors (Lipinski definition) is 6. The number of furan rings is 1. The summed E-state index contributed by atoms with van der Waals surface area (Å²) in [6.45, 7) is 1.80. The molecule has 1 unspecified atom stereocenters. The van der Waals surface area contributed by atoms with Crippen LogP contribution in [0.1, 0.15) is 35.6 Å². The van der Waals surface area contributed by atoms with Gasteiger partial charge in [-0.15, -0.1) is 0 Å². The molecule has 8 heteroatoms. The Morgan fingerprint density at radius 2 is 1.89 bits per heavy atom. The minimum Gasteiger partial charge on any atom is -0.457 e. The fourth-order valence-corrected chi connectivity index (χ4v) is 2.63. The van der Waals surface area contributed by atoms with Crippen molar-refractivity contribution < 1.29 is 23.7 Å². The first-order valence-corrected chi connectivity index (χ1v) is 8.64. The van der Waals surface area contributed by atoms with Gasteiger partial charge < -0.3 is 14.5 Å². The van der Waals surface area contributed by atoms with Crippen LogP contribution in [0.25, 0.3) is 11.0 Å². The van der Waals surface area contributed by atoms with Crippen LogP contribution in [0, 0.1) is 10.1 Å². The lowest BCUT2D eigenvalue weighted by Gasteiger charge is -2.11. The van der Waals surface area contributed by atoms with Gasteiger partial charge in [0.05, 0.1) is 11.3 Å². The van der Waals surface area contributed by atoms with Crippen molar-refractivity contribution in [1.29, 1.82) is 0 Å². The standard InChI is InChI=1S/C20H18N2O6/c1-13(18-12-15-4-2-3-5-17(15)28-18)27-19(23)10-11-21-20(24)14-6-8-16(9-7-14)22(25)26/h2-9,12-13H,10-11H2,1H3,(H,21,24). The minimum absolute atomic E-state index is 0.0106. The fourth-order valence-electron chi connectivity index (χ4n) is 2.63. The van der Waals surface area contributed by atoms with Gasteiger partial charge in [0, 0.05) is 29.6 Å². The van der Waals surface area contributed by atoms with E-state index in [1.807, 2.05) is 30.3 Å². The molecule has 1 aromatic heterocycles. The molecule has 8 nitrogen and oxygen atoms in total. The molecule has 0 spiro atoms. The van der Waals surface area contributed by atoms with Gasteiger partial charge in [-0.3, -0.25) is 19.7 Å². The van der Waals surface area contributed by atoms with Gasteiger partial charge in [0.1, 0.15) is 11.3 Å². The third-order valence-corrected chi connectivity index (χ3v) is 4.11. The maximum absolute atomic E-state index is 12.0. The van der Waals surface area contributed by atoms with Crippen LogP contribution in [-0.4, -0.2) is 23.3 Å². The van der Waals surface area contributed by atoms with Crippen LogP contribution in [0.15, 0.2) is 59.0 Å². The molecule has 1 atom stereocenters. The van der Waals surface area contributed by atoms with E-state index in [9.17, 15) is 19.7 Å². The Bertz CT molecular complexity index is 976. The Hall–Kier alpha value is -3.68. The summed E-state index contributed by atoms with van der Waals surface area (Å²) in [5, 5.41) is 14.1. The molecule has 3 aromatic rings. The number of para-hydroxylation sites is 1. The predicted molar refractivity (Wildman–Crippen MR) is 101 cm³/mol. The maximum Gasteiger partial charge on any atom is 0.308 e. The average molecular weight is 382 g/mol. The van der Waals surface area contributed by atoms with Crippen molar-refractivity contribution in [2.75, 3.05) is 6.54 Å². The third-order valence-electron chi connectivity index (χ3n) is 4.11. The second kappa shape index (κ2) is 8.34. The zero-order valence-electron chi connectivity index (χ0n) is 15.1. The molecule has 1 heterocycles. The van der Waals surface area contributed by atoms with Crippen LogP contribution in [0.4, 0.5) is 5.69 Å². The van der Waals surface area contributed by atoms with Gasteiger partial charge in [0.25, 0.3) is 11.6 Å². The Morgan fingerprint density at radius 1 is 1.18 bits per heavy atom. The van der Waals surface area contributed by atoms with E-state index in [1.165, 1.54) is 24.3 Å². The molecule has 0 bridgehead atoms. The highest BCUT2D eigenvalue weighted by Crippen LogP contribution is 2.25. The number of nitrogens with one attached hydrogen (secondary N) is 1. The highest BCUT2D eigenvalue weighted by atomic mass is 16.6. The van der Waals surface area contributed by atoms with Crippen LogP contribution >= 0.6 is 0 Å². The smallest absolute Gasteiger partial charge is 0.308 e. The lowest BCUT2D eigenvalue weighted by Crippen LogP contribution is -2.26. The van der Waals surface area contributed by atoms with Crippen molar-refractivity contribution in [1.82, 2.24) is 5.32 Å². The lowest BCUT2D eigenvalue weighted by molar-refractivity contribution is -0.384. The van der Waals surface area contributed by atoms with E-state index < -0.39 is 22.9 Å². The van der Waals surface area contributed by atoms with Gasteiger partial charge in [-0.25, -0.2) is 0 Å². The predicted octanol–water partition coefficient (Wildman–Crippen LogP) is 3.77. The topological polar surface area (TPSA) is 112 Å². The molecule has 0 aliphatic heterocycles. The Kier molecular flexibility index (Phi) is 5.69. The average Bonchev–Trinajstić information content (AvgIpc) is 3.12. The number of nitro groups is 1. The number of nitrogens with zero attached hydrogens (tertiary/aromatic N) is 1. The quantitative estimate of drug-likeness (QED) is 0.378. The number of ether oxygens (including phenoxy) is 1. The van der Waals surface area contributed by atoms with Crippen molar-refractivity contribution in [3.8, 4) is 0 Å². The molecule has 0 fully saturated rings. The normalized spacial score (nSPS) is 11.8. The number of hydrogen-bond donors (Lipinski definition) is 1.